The second kappa shape index (κ2) is 7.99. The minimum absolute atomic E-state index is 0.183. The number of hydrogen-bond acceptors (Lipinski definition) is 4. The van der Waals surface area contributed by atoms with Gasteiger partial charge in [-0.3, -0.25) is 9.88 Å². The summed E-state index contributed by atoms with van der Waals surface area (Å²) in [5.41, 5.74) is 3.53. The van der Waals surface area contributed by atoms with Gasteiger partial charge in [-0.1, -0.05) is 18.2 Å². The van der Waals surface area contributed by atoms with Gasteiger partial charge in [0.15, 0.2) is 0 Å². The molecule has 1 aliphatic heterocycles. The third kappa shape index (κ3) is 4.26. The number of benzene rings is 2. The fourth-order valence-electron chi connectivity index (χ4n) is 3.58. The van der Waals surface area contributed by atoms with Crippen molar-refractivity contribution in [3.63, 3.8) is 0 Å². The maximum Gasteiger partial charge on any atom is 0.416 e. The molecule has 0 spiro atoms. The number of hydrogen-bond donors (Lipinski definition) is 0. The van der Waals surface area contributed by atoms with Gasteiger partial charge in [-0.15, -0.1) is 0 Å². The smallest absolute Gasteiger partial charge is 0.416 e. The van der Waals surface area contributed by atoms with E-state index in [1.165, 1.54) is 13.2 Å². The molecule has 156 valence electrons. The van der Waals surface area contributed by atoms with Crippen LogP contribution in [0.1, 0.15) is 22.5 Å². The van der Waals surface area contributed by atoms with Gasteiger partial charge < -0.3 is 9.47 Å². The van der Waals surface area contributed by atoms with Crippen molar-refractivity contribution in [2.45, 2.75) is 26.2 Å². The molecule has 7 heteroatoms. The molecule has 2 aromatic carbocycles. The lowest BCUT2D eigenvalue weighted by Crippen LogP contribution is -2.31. The molecule has 0 amide bonds. The van der Waals surface area contributed by atoms with Gasteiger partial charge in [0.25, 0.3) is 0 Å². The summed E-state index contributed by atoms with van der Waals surface area (Å²) < 4.78 is 50.2. The van der Waals surface area contributed by atoms with Crippen molar-refractivity contribution in [1.29, 1.82) is 0 Å². The number of fused-ring (bicyclic) bond motifs is 1. The molecule has 4 rings (SSSR count). The van der Waals surface area contributed by atoms with Crippen LogP contribution < -0.4 is 9.47 Å². The lowest BCUT2D eigenvalue weighted by atomic mass is 9.99. The monoisotopic (exact) mass is 414 g/mol. The number of halogens is 3. The van der Waals surface area contributed by atoms with Crippen molar-refractivity contribution in [3.05, 3.63) is 77.1 Å². The van der Waals surface area contributed by atoms with Crippen molar-refractivity contribution in [2.24, 2.45) is 0 Å². The zero-order valence-electron chi connectivity index (χ0n) is 16.7. The fourth-order valence-corrected chi connectivity index (χ4v) is 3.58. The maximum absolute atomic E-state index is 13.0. The number of ether oxygens (including phenoxy) is 2. The highest BCUT2D eigenvalue weighted by Crippen LogP contribution is 2.39. The summed E-state index contributed by atoms with van der Waals surface area (Å²) in [7, 11) is 1.37. The van der Waals surface area contributed by atoms with Gasteiger partial charge in [0, 0.05) is 29.9 Å². The fraction of sp³-hybridized carbons (Fsp3) is 0.261. The van der Waals surface area contributed by atoms with E-state index in [2.05, 4.69) is 9.88 Å². The molecule has 0 N–H and O–H groups in total. The summed E-state index contributed by atoms with van der Waals surface area (Å²) in [6.45, 7) is 3.71. The lowest BCUT2D eigenvalue weighted by molar-refractivity contribution is -0.137. The molecular weight excluding hydrogens is 393 g/mol. The number of methoxy groups -OCH3 is 1. The number of aryl methyl sites for hydroxylation is 1. The Morgan fingerprint density at radius 1 is 1.10 bits per heavy atom. The van der Waals surface area contributed by atoms with E-state index in [1.54, 1.807) is 0 Å². The number of alkyl halides is 3. The van der Waals surface area contributed by atoms with Gasteiger partial charge >= 0.3 is 6.18 Å². The normalized spacial score (nSPS) is 14.2. The summed E-state index contributed by atoms with van der Waals surface area (Å²) in [6, 6.07) is 15.1. The highest BCUT2D eigenvalue weighted by atomic mass is 19.4. The molecule has 1 aromatic heterocycles. The van der Waals surface area contributed by atoms with Gasteiger partial charge in [-0.05, 0) is 48.9 Å². The predicted octanol–water partition coefficient (Wildman–Crippen LogP) is 5.44. The van der Waals surface area contributed by atoms with E-state index in [0.717, 1.165) is 40.4 Å². The number of rotatable bonds is 4. The molecule has 1 aliphatic rings. The van der Waals surface area contributed by atoms with Crippen LogP contribution in [0.4, 0.5) is 13.2 Å². The molecule has 3 aromatic rings. The minimum Gasteiger partial charge on any atom is -0.496 e. The van der Waals surface area contributed by atoms with Gasteiger partial charge in [0.1, 0.15) is 18.2 Å². The van der Waals surface area contributed by atoms with Crippen LogP contribution in [0.25, 0.3) is 11.1 Å². The van der Waals surface area contributed by atoms with Crippen LogP contribution in [0.3, 0.4) is 0 Å². The second-order valence-electron chi connectivity index (χ2n) is 7.27. The van der Waals surface area contributed by atoms with Gasteiger partial charge in [0.05, 0.1) is 18.4 Å². The summed E-state index contributed by atoms with van der Waals surface area (Å²) in [4.78, 5) is 6.66. The Labute approximate surface area is 172 Å². The molecule has 0 saturated heterocycles. The predicted molar refractivity (Wildman–Crippen MR) is 107 cm³/mol. The first-order chi connectivity index (χ1) is 14.3. The highest BCUT2D eigenvalue weighted by molar-refractivity contribution is 5.72. The van der Waals surface area contributed by atoms with E-state index in [4.69, 9.17) is 9.47 Å². The van der Waals surface area contributed by atoms with Crippen molar-refractivity contribution in [1.82, 2.24) is 9.88 Å². The summed E-state index contributed by atoms with van der Waals surface area (Å²) in [5, 5.41) is 0. The maximum atomic E-state index is 13.0. The SMILES string of the molecule is COc1cc(C(F)(F)F)ccc1-c1ccc2c(c1)CN(Cc1cccc(C)n1)CO2. The van der Waals surface area contributed by atoms with E-state index in [1.807, 2.05) is 43.3 Å². The molecule has 0 aliphatic carbocycles. The van der Waals surface area contributed by atoms with E-state index < -0.39 is 11.7 Å². The van der Waals surface area contributed by atoms with E-state index in [0.29, 0.717) is 25.4 Å². The van der Waals surface area contributed by atoms with Crippen molar-refractivity contribution in [3.8, 4) is 22.6 Å². The molecule has 0 saturated carbocycles. The molecule has 0 fully saturated rings. The van der Waals surface area contributed by atoms with E-state index >= 15 is 0 Å². The van der Waals surface area contributed by atoms with Crippen LogP contribution in [-0.2, 0) is 19.3 Å². The highest BCUT2D eigenvalue weighted by Gasteiger charge is 2.31. The molecule has 0 radical (unpaired) electrons. The quantitative estimate of drug-likeness (QED) is 0.570. The zero-order valence-corrected chi connectivity index (χ0v) is 16.7. The number of pyridine rings is 1. The average molecular weight is 414 g/mol. The molecule has 0 unspecified atom stereocenters. The molecule has 30 heavy (non-hydrogen) atoms. The Kier molecular flexibility index (Phi) is 5.39. The van der Waals surface area contributed by atoms with Crippen LogP contribution >= 0.6 is 0 Å². The summed E-state index contributed by atoms with van der Waals surface area (Å²) in [6.07, 6.45) is -4.42. The van der Waals surface area contributed by atoms with E-state index in [9.17, 15) is 13.2 Å². The average Bonchev–Trinajstić information content (AvgIpc) is 2.72. The molecule has 0 bridgehead atoms. The summed E-state index contributed by atoms with van der Waals surface area (Å²) in [5.74, 6) is 0.959. The first kappa shape index (κ1) is 20.2. The third-order valence-electron chi connectivity index (χ3n) is 5.03. The van der Waals surface area contributed by atoms with Crippen molar-refractivity contribution < 1.29 is 22.6 Å². The second-order valence-corrected chi connectivity index (χ2v) is 7.27. The summed E-state index contributed by atoms with van der Waals surface area (Å²) >= 11 is 0. The van der Waals surface area contributed by atoms with Crippen LogP contribution in [-0.4, -0.2) is 23.7 Å². The minimum atomic E-state index is -4.42. The molecular formula is C23H21F3N2O2. The van der Waals surface area contributed by atoms with Gasteiger partial charge in [-0.2, -0.15) is 13.2 Å². The largest absolute Gasteiger partial charge is 0.496 e. The van der Waals surface area contributed by atoms with Gasteiger partial charge in [0.2, 0.25) is 0 Å². The van der Waals surface area contributed by atoms with Crippen LogP contribution in [0.5, 0.6) is 11.5 Å². The number of aromatic nitrogens is 1. The molecule has 2 heterocycles. The zero-order chi connectivity index (χ0) is 21.3. The van der Waals surface area contributed by atoms with E-state index in [-0.39, 0.29) is 5.75 Å². The standard InChI is InChI=1S/C23H21F3N2O2/c1-15-4-3-5-19(27-15)13-28-12-17-10-16(6-9-21(17)30-14-28)20-8-7-18(23(24,25)26)11-22(20)29-2/h3-11H,12-14H2,1-2H3. The van der Waals surface area contributed by atoms with Crippen LogP contribution in [0, 0.1) is 6.92 Å². The lowest BCUT2D eigenvalue weighted by Gasteiger charge is -2.29. The Morgan fingerprint density at radius 3 is 2.67 bits per heavy atom. The molecule has 4 nitrogen and oxygen atoms in total. The Hall–Kier alpha value is -3.06. The first-order valence-electron chi connectivity index (χ1n) is 9.50. The first-order valence-corrected chi connectivity index (χ1v) is 9.50. The Balaban J connectivity index is 1.60. The number of nitrogens with zero attached hydrogens (tertiary/aromatic N) is 2. The Bertz CT molecular complexity index is 1070. The van der Waals surface area contributed by atoms with Crippen molar-refractivity contribution >= 4 is 0 Å². The van der Waals surface area contributed by atoms with Crippen LogP contribution in [0.2, 0.25) is 0 Å². The van der Waals surface area contributed by atoms with Crippen molar-refractivity contribution in [2.75, 3.05) is 13.8 Å². The molecule has 0 atom stereocenters. The van der Waals surface area contributed by atoms with Crippen LogP contribution in [0.15, 0.2) is 54.6 Å². The Morgan fingerprint density at radius 2 is 1.93 bits per heavy atom. The topological polar surface area (TPSA) is 34.6 Å². The third-order valence-corrected chi connectivity index (χ3v) is 5.03. The van der Waals surface area contributed by atoms with Gasteiger partial charge in [-0.25, -0.2) is 0 Å².